The monoisotopic (exact) mass is 504 g/mol. The lowest BCUT2D eigenvalue weighted by atomic mass is 10.0. The minimum Gasteiger partial charge on any atom is -0.396 e. The van der Waals surface area contributed by atoms with E-state index in [4.69, 9.17) is 19.7 Å². The molecule has 0 aromatic heterocycles. The number of hydrogen-bond acceptors (Lipinski definition) is 5. The van der Waals surface area contributed by atoms with Crippen LogP contribution in [0.1, 0.15) is 157 Å². The van der Waals surface area contributed by atoms with Crippen LogP contribution in [0, 0.1) is 0 Å². The summed E-state index contributed by atoms with van der Waals surface area (Å²) in [5.41, 5.74) is 0.0417. The lowest BCUT2D eigenvalue weighted by Crippen LogP contribution is -2.15. The van der Waals surface area contributed by atoms with E-state index in [0.29, 0.717) is 6.61 Å². The molecule has 35 heavy (non-hydrogen) atoms. The van der Waals surface area contributed by atoms with Crippen LogP contribution in [-0.4, -0.2) is 48.7 Å². The molecule has 0 bridgehead atoms. The second kappa shape index (κ2) is 37.8. The Bertz CT molecular complexity index is 353. The number of hydrogen-bond donors (Lipinski definition) is 2. The highest BCUT2D eigenvalue weighted by Crippen LogP contribution is 2.14. The van der Waals surface area contributed by atoms with Crippen LogP contribution in [0.3, 0.4) is 0 Å². The summed E-state index contributed by atoms with van der Waals surface area (Å²) >= 11 is 0. The van der Waals surface area contributed by atoms with E-state index in [9.17, 15) is 4.79 Å². The molecule has 5 nitrogen and oxygen atoms in total. The van der Waals surface area contributed by atoms with Gasteiger partial charge in [-0.15, -0.1) is 0 Å². The molecule has 0 aromatic rings. The molecule has 0 aliphatic rings. The van der Waals surface area contributed by atoms with Crippen LogP contribution in [-0.2, 0) is 14.3 Å². The van der Waals surface area contributed by atoms with Gasteiger partial charge in [0.25, 0.3) is 0 Å². The van der Waals surface area contributed by atoms with Gasteiger partial charge in [0, 0.05) is 20.1 Å². The Kier molecular flexibility index (Phi) is 44.6. The molecule has 1 atom stereocenters. The Balaban J connectivity index is -0.000000302. The van der Waals surface area contributed by atoms with Gasteiger partial charge in [0.2, 0.25) is 0 Å². The molecule has 0 saturated carbocycles. The van der Waals surface area contributed by atoms with Crippen LogP contribution in [0.25, 0.3) is 0 Å². The van der Waals surface area contributed by atoms with Crippen LogP contribution < -0.4 is 0 Å². The number of aliphatic hydroxyl groups is 2. The molecule has 0 heterocycles. The van der Waals surface area contributed by atoms with E-state index < -0.39 is 0 Å². The second-order valence-electron chi connectivity index (χ2n) is 10.3. The molecule has 0 radical (unpaired) electrons. The predicted molar refractivity (Wildman–Crippen MR) is 152 cm³/mol. The van der Waals surface area contributed by atoms with Gasteiger partial charge in [0.05, 0.1) is 11.7 Å². The van der Waals surface area contributed by atoms with Crippen molar-refractivity contribution in [1.29, 1.82) is 0 Å². The van der Waals surface area contributed by atoms with E-state index >= 15 is 0 Å². The number of methoxy groups -OCH3 is 1. The van der Waals surface area contributed by atoms with Gasteiger partial charge in [-0.2, -0.15) is 0 Å². The average molecular weight is 505 g/mol. The summed E-state index contributed by atoms with van der Waals surface area (Å²) in [7, 11) is 1.71. The molecule has 0 aromatic carbocycles. The van der Waals surface area contributed by atoms with Crippen molar-refractivity contribution in [3.05, 3.63) is 0 Å². The van der Waals surface area contributed by atoms with Gasteiger partial charge in [-0.25, -0.2) is 0 Å². The lowest BCUT2D eigenvalue weighted by Gasteiger charge is -2.14. The van der Waals surface area contributed by atoms with Crippen molar-refractivity contribution in [3.8, 4) is 0 Å². The first kappa shape index (κ1) is 41.4. The summed E-state index contributed by atoms with van der Waals surface area (Å²) in [6.07, 6.45) is 25.0. The highest BCUT2D eigenvalue weighted by molar-refractivity contribution is 5.48. The molecule has 2 N–H and O–H groups in total. The predicted octanol–water partition coefficient (Wildman–Crippen LogP) is 8.22. The number of rotatable bonds is 20. The maximum absolute atomic E-state index is 10.2. The Labute approximate surface area is 219 Å². The van der Waals surface area contributed by atoms with Crippen LogP contribution >= 0.6 is 0 Å². The quantitative estimate of drug-likeness (QED) is 0.129. The maximum Gasteiger partial charge on any atom is 0.119 e. The van der Waals surface area contributed by atoms with Crippen molar-refractivity contribution >= 4 is 13.1 Å². The van der Waals surface area contributed by atoms with Crippen molar-refractivity contribution in [3.63, 3.8) is 0 Å². The van der Waals surface area contributed by atoms with Crippen LogP contribution in [0.5, 0.6) is 0 Å². The Morgan fingerprint density at radius 3 is 1.11 bits per heavy atom. The molecule has 0 aliphatic carbocycles. The fourth-order valence-corrected chi connectivity index (χ4v) is 2.99. The topological polar surface area (TPSA) is 83.8 Å². The number of aliphatic hydroxyl groups excluding tert-OH is 2. The average Bonchev–Trinajstić information content (AvgIpc) is 2.85. The molecule has 0 amide bonds. The van der Waals surface area contributed by atoms with Crippen molar-refractivity contribution < 1.29 is 24.5 Å². The molecule has 0 fully saturated rings. The zero-order valence-corrected chi connectivity index (χ0v) is 24.6. The molecule has 0 rings (SSSR count). The number of carbonyl (C=O) groups excluding carboxylic acids is 2. The lowest BCUT2D eigenvalue weighted by molar-refractivity contribution is -0.108. The largest absolute Gasteiger partial charge is 0.396 e. The summed E-state index contributed by atoms with van der Waals surface area (Å²) in [6, 6.07) is 0. The minimum absolute atomic E-state index is 0.0417. The van der Waals surface area contributed by atoms with Gasteiger partial charge >= 0.3 is 0 Å². The molecule has 0 aliphatic heterocycles. The highest BCUT2D eigenvalue weighted by Gasteiger charge is 2.04. The summed E-state index contributed by atoms with van der Waals surface area (Å²) in [4.78, 5) is 18.2. The van der Waals surface area contributed by atoms with Crippen molar-refractivity contribution in [2.75, 3.05) is 13.7 Å². The molecule has 1 unspecified atom stereocenters. The summed E-state index contributed by atoms with van der Waals surface area (Å²) in [5.74, 6) is 0. The van der Waals surface area contributed by atoms with E-state index in [2.05, 4.69) is 0 Å². The van der Waals surface area contributed by atoms with Gasteiger partial charge in [-0.05, 0) is 47.0 Å². The van der Waals surface area contributed by atoms with Crippen LogP contribution in [0.2, 0.25) is 0 Å². The summed E-state index contributed by atoms with van der Waals surface area (Å²) < 4.78 is 4.94. The number of ether oxygens (including phenoxy) is 1. The third kappa shape index (κ3) is 60.1. The zero-order valence-electron chi connectivity index (χ0n) is 24.6. The standard InChI is InChI=1S/C20H40O2.C5H12O.C4H10O.CH2O/c21-19-17-15-13-11-9-7-5-3-1-2-4-6-8-10-12-14-16-18-20-22;1-5(2,3)6-4;1-3-4(2)5;1-2/h19,22H,1-18,20H2;1-4H3;4-5H,3H2,1-2H3;1H2. The van der Waals surface area contributed by atoms with Gasteiger partial charge in [0.15, 0.2) is 0 Å². The van der Waals surface area contributed by atoms with Crippen molar-refractivity contribution in [2.24, 2.45) is 0 Å². The second-order valence-corrected chi connectivity index (χ2v) is 10.3. The summed E-state index contributed by atoms with van der Waals surface area (Å²) in [5, 5.41) is 17.1. The van der Waals surface area contributed by atoms with Gasteiger partial charge in [-0.3, -0.25) is 0 Å². The fraction of sp³-hybridized carbons (Fsp3) is 0.933. The molecule has 0 saturated heterocycles. The fourth-order valence-electron chi connectivity index (χ4n) is 2.99. The van der Waals surface area contributed by atoms with Crippen LogP contribution in [0.15, 0.2) is 0 Å². The third-order valence-corrected chi connectivity index (χ3v) is 5.68. The van der Waals surface area contributed by atoms with Crippen LogP contribution in [0.4, 0.5) is 0 Å². The first-order valence-electron chi connectivity index (χ1n) is 14.3. The SMILES string of the molecule is C=O.CCC(C)O.COC(C)(C)C.O=CCCCCCCCCCCCCCCCCCCCO. The van der Waals surface area contributed by atoms with Gasteiger partial charge < -0.3 is 24.5 Å². The normalized spacial score (nSPS) is 11.2. The molecule has 5 heteroatoms. The van der Waals surface area contributed by atoms with E-state index in [1.807, 2.05) is 34.5 Å². The smallest absolute Gasteiger partial charge is 0.119 e. The zero-order chi connectivity index (χ0) is 27.6. The van der Waals surface area contributed by atoms with Gasteiger partial charge in [0.1, 0.15) is 13.1 Å². The van der Waals surface area contributed by atoms with Crippen molar-refractivity contribution in [1.82, 2.24) is 0 Å². The number of aldehydes is 1. The minimum atomic E-state index is -0.116. The Morgan fingerprint density at radius 1 is 0.714 bits per heavy atom. The Morgan fingerprint density at radius 2 is 0.943 bits per heavy atom. The molecule has 0 spiro atoms. The summed E-state index contributed by atoms with van der Waals surface area (Å²) in [6.45, 7) is 12.2. The van der Waals surface area contributed by atoms with E-state index in [-0.39, 0.29) is 11.7 Å². The van der Waals surface area contributed by atoms with Crippen molar-refractivity contribution in [2.45, 2.75) is 168 Å². The third-order valence-electron chi connectivity index (χ3n) is 5.68. The van der Waals surface area contributed by atoms with E-state index in [1.54, 1.807) is 14.0 Å². The first-order valence-corrected chi connectivity index (χ1v) is 14.3. The number of unbranched alkanes of at least 4 members (excludes halogenated alkanes) is 17. The van der Waals surface area contributed by atoms with E-state index in [1.165, 1.54) is 96.3 Å². The number of carbonyl (C=O) groups is 2. The molecule has 214 valence electrons. The van der Waals surface area contributed by atoms with Gasteiger partial charge in [-0.1, -0.05) is 103 Å². The highest BCUT2D eigenvalue weighted by atomic mass is 16.5. The van der Waals surface area contributed by atoms with E-state index in [0.717, 1.165) is 32.0 Å². The Hall–Kier alpha value is -0.780. The molecular weight excluding hydrogens is 440 g/mol. The maximum atomic E-state index is 10.2. The first-order chi connectivity index (χ1) is 16.7. The molecular formula is C30H64O5.